The minimum atomic E-state index is -0.0848. The maximum absolute atomic E-state index is 12.8. The standard InChI is InChI=1S/C21H22N4O4S3/c1-2-18-23-24-20(32-18)22-17(26)6-4-3-5-9-25-19(27)16(31-21(25)30)11-13-7-8-14-15(10-13)29-12-28-14/h7-8,10-11H,2-6,9,12H2,1H3,(H,22,24,26)/b16-11+. The summed E-state index contributed by atoms with van der Waals surface area (Å²) in [4.78, 5) is 27.0. The predicted octanol–water partition coefficient (Wildman–Crippen LogP) is 4.23. The van der Waals surface area contributed by atoms with Crippen molar-refractivity contribution in [3.8, 4) is 11.5 Å². The summed E-state index contributed by atoms with van der Waals surface area (Å²) in [6, 6.07) is 5.57. The fourth-order valence-corrected chi connectivity index (χ4v) is 5.21. The molecule has 11 heteroatoms. The van der Waals surface area contributed by atoms with Gasteiger partial charge in [-0.1, -0.05) is 54.7 Å². The number of hydrogen-bond acceptors (Lipinski definition) is 9. The second-order valence-electron chi connectivity index (χ2n) is 7.16. The fraction of sp³-hybridized carbons (Fsp3) is 0.381. The number of nitrogens with zero attached hydrogens (tertiary/aromatic N) is 3. The average Bonchev–Trinajstić information content (AvgIpc) is 3.49. The number of aromatic nitrogens is 2. The highest BCUT2D eigenvalue weighted by atomic mass is 32.2. The van der Waals surface area contributed by atoms with Crippen molar-refractivity contribution < 1.29 is 19.1 Å². The molecule has 32 heavy (non-hydrogen) atoms. The van der Waals surface area contributed by atoms with E-state index in [0.717, 1.165) is 36.3 Å². The van der Waals surface area contributed by atoms with E-state index in [-0.39, 0.29) is 18.6 Å². The van der Waals surface area contributed by atoms with Gasteiger partial charge in [0.05, 0.1) is 4.91 Å². The van der Waals surface area contributed by atoms with Crippen molar-refractivity contribution in [2.75, 3.05) is 18.7 Å². The van der Waals surface area contributed by atoms with Crippen molar-refractivity contribution in [2.24, 2.45) is 0 Å². The smallest absolute Gasteiger partial charge is 0.266 e. The van der Waals surface area contributed by atoms with Crippen LogP contribution in [0.15, 0.2) is 23.1 Å². The minimum absolute atomic E-state index is 0.0685. The Morgan fingerprint density at radius 1 is 1.25 bits per heavy atom. The molecule has 2 amide bonds. The monoisotopic (exact) mass is 490 g/mol. The van der Waals surface area contributed by atoms with Gasteiger partial charge in [0.1, 0.15) is 9.33 Å². The summed E-state index contributed by atoms with van der Waals surface area (Å²) in [7, 11) is 0. The van der Waals surface area contributed by atoms with Crippen molar-refractivity contribution >= 4 is 62.7 Å². The van der Waals surface area contributed by atoms with E-state index in [0.29, 0.717) is 38.8 Å². The molecule has 2 aliphatic rings. The zero-order valence-electron chi connectivity index (χ0n) is 17.5. The lowest BCUT2D eigenvalue weighted by Gasteiger charge is -2.14. The summed E-state index contributed by atoms with van der Waals surface area (Å²) in [5, 5.41) is 12.2. The molecule has 0 unspecified atom stereocenters. The molecule has 168 valence electrons. The van der Waals surface area contributed by atoms with E-state index in [4.69, 9.17) is 21.7 Å². The minimum Gasteiger partial charge on any atom is -0.454 e. The van der Waals surface area contributed by atoms with Crippen LogP contribution in [0.1, 0.15) is 43.2 Å². The number of thiocarbonyl (C=S) groups is 1. The Balaban J connectivity index is 1.21. The number of hydrogen-bond donors (Lipinski definition) is 1. The number of ether oxygens (including phenoxy) is 2. The molecule has 0 atom stereocenters. The molecule has 0 aliphatic carbocycles. The largest absolute Gasteiger partial charge is 0.454 e. The topological polar surface area (TPSA) is 93.7 Å². The molecule has 0 radical (unpaired) electrons. The molecule has 0 saturated carbocycles. The molecule has 0 spiro atoms. The lowest BCUT2D eigenvalue weighted by atomic mass is 10.1. The van der Waals surface area contributed by atoms with Crippen molar-refractivity contribution in [3.63, 3.8) is 0 Å². The molecule has 0 bridgehead atoms. The van der Waals surface area contributed by atoms with Gasteiger partial charge in [-0.2, -0.15) is 0 Å². The summed E-state index contributed by atoms with van der Waals surface area (Å²) in [5.41, 5.74) is 0.863. The third kappa shape index (κ3) is 5.45. The summed E-state index contributed by atoms with van der Waals surface area (Å²) in [5.74, 6) is 1.23. The van der Waals surface area contributed by atoms with Gasteiger partial charge in [-0.05, 0) is 43.0 Å². The van der Waals surface area contributed by atoms with Gasteiger partial charge in [-0.25, -0.2) is 0 Å². The Labute approximate surface area is 199 Å². The maximum atomic E-state index is 12.8. The maximum Gasteiger partial charge on any atom is 0.266 e. The van der Waals surface area contributed by atoms with Crippen molar-refractivity contribution in [3.05, 3.63) is 33.7 Å². The molecule has 1 fully saturated rings. The second kappa shape index (κ2) is 10.4. The van der Waals surface area contributed by atoms with Crippen LogP contribution in [0.25, 0.3) is 6.08 Å². The number of amides is 2. The number of aryl methyl sites for hydroxylation is 1. The van der Waals surface area contributed by atoms with E-state index < -0.39 is 0 Å². The van der Waals surface area contributed by atoms with Crippen LogP contribution < -0.4 is 14.8 Å². The zero-order valence-corrected chi connectivity index (χ0v) is 19.9. The highest BCUT2D eigenvalue weighted by Crippen LogP contribution is 2.36. The number of carbonyl (C=O) groups excluding carboxylic acids is 2. The van der Waals surface area contributed by atoms with Gasteiger partial charge in [-0.3, -0.25) is 14.5 Å². The lowest BCUT2D eigenvalue weighted by Crippen LogP contribution is -2.29. The number of fused-ring (bicyclic) bond motifs is 1. The third-order valence-electron chi connectivity index (χ3n) is 4.87. The second-order valence-corrected chi connectivity index (χ2v) is 9.90. The summed E-state index contributed by atoms with van der Waals surface area (Å²) >= 11 is 8.10. The fourth-order valence-electron chi connectivity index (χ4n) is 3.21. The third-order valence-corrected chi connectivity index (χ3v) is 7.23. The molecule has 2 aromatic rings. The number of carbonyl (C=O) groups is 2. The molecule has 1 N–H and O–H groups in total. The molecule has 1 saturated heterocycles. The van der Waals surface area contributed by atoms with Crippen LogP contribution in [-0.2, 0) is 16.0 Å². The highest BCUT2D eigenvalue weighted by Gasteiger charge is 2.31. The Kier molecular flexibility index (Phi) is 7.38. The Hall–Kier alpha value is -2.50. The Bertz CT molecular complexity index is 1070. The van der Waals surface area contributed by atoms with Crippen LogP contribution in [0.2, 0.25) is 0 Å². The normalized spacial score (nSPS) is 16.3. The first kappa shape index (κ1) is 22.7. The molecule has 1 aromatic carbocycles. The average molecular weight is 491 g/mol. The predicted molar refractivity (Wildman–Crippen MR) is 129 cm³/mol. The first-order valence-corrected chi connectivity index (χ1v) is 12.3. The van der Waals surface area contributed by atoms with Gasteiger partial charge in [0.15, 0.2) is 11.5 Å². The van der Waals surface area contributed by atoms with Crippen LogP contribution >= 0.6 is 35.3 Å². The quantitative estimate of drug-likeness (QED) is 0.317. The van der Waals surface area contributed by atoms with E-state index >= 15 is 0 Å². The van der Waals surface area contributed by atoms with E-state index in [9.17, 15) is 9.59 Å². The number of unbranched alkanes of at least 4 members (excludes halogenated alkanes) is 2. The summed E-state index contributed by atoms with van der Waals surface area (Å²) in [6.45, 7) is 2.75. The van der Waals surface area contributed by atoms with Gasteiger partial charge in [0, 0.05) is 13.0 Å². The van der Waals surface area contributed by atoms with Crippen LogP contribution in [0.3, 0.4) is 0 Å². The highest BCUT2D eigenvalue weighted by molar-refractivity contribution is 8.26. The molecular weight excluding hydrogens is 468 g/mol. The van der Waals surface area contributed by atoms with Crippen LogP contribution in [0.4, 0.5) is 5.13 Å². The lowest BCUT2D eigenvalue weighted by molar-refractivity contribution is -0.122. The summed E-state index contributed by atoms with van der Waals surface area (Å²) < 4.78 is 11.3. The van der Waals surface area contributed by atoms with E-state index in [1.165, 1.54) is 23.1 Å². The number of anilines is 1. The molecule has 2 aliphatic heterocycles. The van der Waals surface area contributed by atoms with Crippen LogP contribution in [0.5, 0.6) is 11.5 Å². The molecule has 1 aromatic heterocycles. The number of thioether (sulfide) groups is 1. The SMILES string of the molecule is CCc1nnc(NC(=O)CCCCCN2C(=O)/C(=C\c3ccc4c(c3)OCO4)SC2=S)s1. The number of benzene rings is 1. The van der Waals surface area contributed by atoms with Crippen LogP contribution in [-0.4, -0.2) is 44.6 Å². The van der Waals surface area contributed by atoms with Crippen molar-refractivity contribution in [1.29, 1.82) is 0 Å². The van der Waals surface area contributed by atoms with Crippen molar-refractivity contribution in [2.45, 2.75) is 39.0 Å². The van der Waals surface area contributed by atoms with Crippen molar-refractivity contribution in [1.82, 2.24) is 15.1 Å². The zero-order chi connectivity index (χ0) is 22.5. The first-order chi connectivity index (χ1) is 15.5. The summed E-state index contributed by atoms with van der Waals surface area (Å²) in [6.07, 6.45) is 5.36. The molecule has 3 heterocycles. The Morgan fingerprint density at radius 2 is 2.09 bits per heavy atom. The van der Waals surface area contributed by atoms with Gasteiger partial charge in [-0.15, -0.1) is 10.2 Å². The van der Waals surface area contributed by atoms with Gasteiger partial charge < -0.3 is 14.8 Å². The van der Waals surface area contributed by atoms with Gasteiger partial charge >= 0.3 is 0 Å². The number of nitrogens with one attached hydrogen (secondary N) is 1. The van der Waals surface area contributed by atoms with E-state index in [1.807, 2.05) is 31.2 Å². The number of rotatable bonds is 9. The first-order valence-electron chi connectivity index (χ1n) is 10.3. The van der Waals surface area contributed by atoms with Gasteiger partial charge in [0.25, 0.3) is 5.91 Å². The molecular formula is C21H22N4O4S3. The molecule has 4 rings (SSSR count). The van der Waals surface area contributed by atoms with E-state index in [1.54, 1.807) is 4.90 Å². The van der Waals surface area contributed by atoms with Crippen LogP contribution in [0, 0.1) is 0 Å². The van der Waals surface area contributed by atoms with E-state index in [2.05, 4.69) is 15.5 Å². The Morgan fingerprint density at radius 3 is 2.91 bits per heavy atom. The van der Waals surface area contributed by atoms with Gasteiger partial charge in [0.2, 0.25) is 17.8 Å². The molecule has 8 nitrogen and oxygen atoms in total.